The smallest absolute Gasteiger partial charge is 0.325 e. The zero-order chi connectivity index (χ0) is 17.1. The minimum atomic E-state index is -0.379. The molecule has 6 nitrogen and oxygen atoms in total. The molecule has 0 unspecified atom stereocenters. The molecule has 2 aromatic rings. The van der Waals surface area contributed by atoms with Gasteiger partial charge in [0.2, 0.25) is 0 Å². The van der Waals surface area contributed by atoms with Crippen molar-refractivity contribution in [1.82, 2.24) is 10.3 Å². The highest BCUT2D eigenvalue weighted by atomic mass is 32.1. The Labute approximate surface area is 148 Å². The van der Waals surface area contributed by atoms with Crippen LogP contribution in [-0.2, 0) is 9.53 Å². The molecule has 0 atom stereocenters. The van der Waals surface area contributed by atoms with E-state index in [1.54, 1.807) is 11.3 Å². The Balaban J connectivity index is 1.56. The summed E-state index contributed by atoms with van der Waals surface area (Å²) in [5.41, 5.74) is 0. The van der Waals surface area contributed by atoms with E-state index in [0.29, 0.717) is 17.4 Å². The third-order valence-corrected chi connectivity index (χ3v) is 6.13. The monoisotopic (exact) mass is 367 g/mol. The SMILES string of the molecule is CCN(CC)c1nc2sc(C(=O)NCC(=O)OCC3CC3)cc2s1. The van der Waals surface area contributed by atoms with E-state index in [1.165, 1.54) is 11.3 Å². The van der Waals surface area contributed by atoms with Crippen LogP contribution in [0.15, 0.2) is 6.07 Å². The molecular weight excluding hydrogens is 346 g/mol. The topological polar surface area (TPSA) is 71.5 Å². The van der Waals surface area contributed by atoms with Gasteiger partial charge in [-0.25, -0.2) is 4.98 Å². The molecule has 1 N–H and O–H groups in total. The van der Waals surface area contributed by atoms with Crippen LogP contribution in [0.2, 0.25) is 0 Å². The Morgan fingerprint density at radius 2 is 2.08 bits per heavy atom. The van der Waals surface area contributed by atoms with Gasteiger partial charge in [0.15, 0.2) is 5.13 Å². The van der Waals surface area contributed by atoms with Gasteiger partial charge in [-0.05, 0) is 38.7 Å². The number of nitrogens with zero attached hydrogens (tertiary/aromatic N) is 2. The van der Waals surface area contributed by atoms with Crippen molar-refractivity contribution in [2.24, 2.45) is 5.92 Å². The third kappa shape index (κ3) is 4.05. The van der Waals surface area contributed by atoms with Gasteiger partial charge in [0.25, 0.3) is 5.91 Å². The van der Waals surface area contributed by atoms with Crippen molar-refractivity contribution in [2.45, 2.75) is 26.7 Å². The number of anilines is 1. The van der Waals surface area contributed by atoms with Crippen molar-refractivity contribution >= 4 is 49.2 Å². The van der Waals surface area contributed by atoms with Crippen molar-refractivity contribution in [3.05, 3.63) is 10.9 Å². The molecule has 2 aromatic heterocycles. The fourth-order valence-electron chi connectivity index (χ4n) is 2.25. The summed E-state index contributed by atoms with van der Waals surface area (Å²) in [6.45, 7) is 6.40. The molecule has 130 valence electrons. The molecule has 2 heterocycles. The molecule has 0 radical (unpaired) electrons. The van der Waals surface area contributed by atoms with E-state index >= 15 is 0 Å². The van der Waals surface area contributed by atoms with Crippen LogP contribution in [0.25, 0.3) is 9.53 Å². The van der Waals surface area contributed by atoms with Crippen LogP contribution >= 0.6 is 22.7 Å². The molecule has 0 spiro atoms. The predicted molar refractivity (Wildman–Crippen MR) is 97.1 cm³/mol. The number of fused-ring (bicyclic) bond motifs is 1. The highest BCUT2D eigenvalue weighted by Gasteiger charge is 2.23. The van der Waals surface area contributed by atoms with Gasteiger partial charge in [-0.2, -0.15) is 0 Å². The summed E-state index contributed by atoms with van der Waals surface area (Å²) in [5, 5.41) is 3.60. The lowest BCUT2D eigenvalue weighted by molar-refractivity contribution is -0.142. The summed E-state index contributed by atoms with van der Waals surface area (Å²) in [6, 6.07) is 1.84. The van der Waals surface area contributed by atoms with Crippen LogP contribution in [0.5, 0.6) is 0 Å². The minimum absolute atomic E-state index is 0.0881. The largest absolute Gasteiger partial charge is 0.464 e. The average molecular weight is 367 g/mol. The first-order valence-electron chi connectivity index (χ1n) is 8.19. The van der Waals surface area contributed by atoms with Gasteiger partial charge in [-0.3, -0.25) is 9.59 Å². The van der Waals surface area contributed by atoms with E-state index in [1.807, 2.05) is 6.07 Å². The maximum Gasteiger partial charge on any atom is 0.325 e. The molecule has 3 rings (SSSR count). The molecule has 0 bridgehead atoms. The predicted octanol–water partition coefficient (Wildman–Crippen LogP) is 2.89. The van der Waals surface area contributed by atoms with Gasteiger partial charge in [-0.15, -0.1) is 11.3 Å². The first-order valence-corrected chi connectivity index (χ1v) is 9.83. The van der Waals surface area contributed by atoms with E-state index in [4.69, 9.17) is 4.74 Å². The number of nitrogens with one attached hydrogen (secondary N) is 1. The first kappa shape index (κ1) is 17.2. The number of carbonyl (C=O) groups is 2. The van der Waals surface area contributed by atoms with Crippen molar-refractivity contribution in [1.29, 1.82) is 0 Å². The molecule has 1 aliphatic rings. The quantitative estimate of drug-likeness (QED) is 0.727. The van der Waals surface area contributed by atoms with Crippen molar-refractivity contribution in [3.63, 3.8) is 0 Å². The Bertz CT molecular complexity index is 701. The van der Waals surface area contributed by atoms with Gasteiger partial charge < -0.3 is 15.0 Å². The molecule has 1 aliphatic carbocycles. The van der Waals surface area contributed by atoms with Gasteiger partial charge >= 0.3 is 5.97 Å². The molecule has 0 aromatic carbocycles. The highest BCUT2D eigenvalue weighted by Crippen LogP contribution is 2.34. The molecule has 1 saturated carbocycles. The molecule has 0 saturated heterocycles. The maximum absolute atomic E-state index is 12.2. The first-order chi connectivity index (χ1) is 11.6. The Morgan fingerprint density at radius 1 is 1.33 bits per heavy atom. The van der Waals surface area contributed by atoms with Crippen molar-refractivity contribution in [2.75, 3.05) is 31.1 Å². The van der Waals surface area contributed by atoms with E-state index < -0.39 is 0 Å². The second-order valence-electron chi connectivity index (χ2n) is 5.76. The summed E-state index contributed by atoms with van der Waals surface area (Å²) in [6.07, 6.45) is 2.27. The number of hydrogen-bond donors (Lipinski definition) is 1. The number of thiazole rings is 1. The Hall–Kier alpha value is -1.67. The molecule has 24 heavy (non-hydrogen) atoms. The average Bonchev–Trinajstić information content (AvgIpc) is 3.20. The van der Waals surface area contributed by atoms with Gasteiger partial charge in [0.05, 0.1) is 16.2 Å². The standard InChI is InChI=1S/C16H21N3O3S2/c1-3-19(4-2)16-18-15-12(24-16)7-11(23-15)14(21)17-8-13(20)22-9-10-5-6-10/h7,10H,3-6,8-9H2,1-2H3,(H,17,21). The molecular formula is C16H21N3O3S2. The van der Waals surface area contributed by atoms with Crippen molar-refractivity contribution < 1.29 is 14.3 Å². The van der Waals surface area contributed by atoms with Crippen LogP contribution in [0.3, 0.4) is 0 Å². The summed E-state index contributed by atoms with van der Waals surface area (Å²) in [7, 11) is 0. The lowest BCUT2D eigenvalue weighted by Gasteiger charge is -2.16. The van der Waals surface area contributed by atoms with Crippen LogP contribution in [0.1, 0.15) is 36.4 Å². The van der Waals surface area contributed by atoms with E-state index in [2.05, 4.69) is 29.0 Å². The fourth-order valence-corrected chi connectivity index (χ4v) is 4.51. The summed E-state index contributed by atoms with van der Waals surface area (Å²) < 4.78 is 6.10. The zero-order valence-electron chi connectivity index (χ0n) is 13.8. The number of carbonyl (C=O) groups excluding carboxylic acids is 2. The number of thiophene rings is 1. The van der Waals surface area contributed by atoms with Crippen LogP contribution in [0.4, 0.5) is 5.13 Å². The number of hydrogen-bond acceptors (Lipinski definition) is 7. The normalized spacial score (nSPS) is 13.9. The molecule has 0 aliphatic heterocycles. The number of ether oxygens (including phenoxy) is 1. The summed E-state index contributed by atoms with van der Waals surface area (Å²) >= 11 is 2.94. The molecule has 1 amide bonds. The zero-order valence-corrected chi connectivity index (χ0v) is 15.5. The fraction of sp³-hybridized carbons (Fsp3) is 0.562. The van der Waals surface area contributed by atoms with Crippen LogP contribution in [-0.4, -0.2) is 43.1 Å². The summed E-state index contributed by atoms with van der Waals surface area (Å²) in [4.78, 5) is 32.0. The lowest BCUT2D eigenvalue weighted by Crippen LogP contribution is -2.30. The third-order valence-electron chi connectivity index (χ3n) is 3.91. The second kappa shape index (κ2) is 7.48. The highest BCUT2D eigenvalue weighted by molar-refractivity contribution is 7.29. The van der Waals surface area contributed by atoms with Gasteiger partial charge in [-0.1, -0.05) is 11.3 Å². The van der Waals surface area contributed by atoms with Gasteiger partial charge in [0, 0.05) is 13.1 Å². The lowest BCUT2D eigenvalue weighted by atomic mass is 10.4. The second-order valence-corrected chi connectivity index (χ2v) is 7.80. The number of esters is 1. The van der Waals surface area contributed by atoms with E-state index in [9.17, 15) is 9.59 Å². The molecule has 1 fully saturated rings. The maximum atomic E-state index is 12.2. The van der Waals surface area contributed by atoms with E-state index in [0.717, 1.165) is 40.6 Å². The van der Waals surface area contributed by atoms with E-state index in [-0.39, 0.29) is 18.4 Å². The number of aromatic nitrogens is 1. The number of rotatable bonds is 8. The Morgan fingerprint density at radius 3 is 2.71 bits per heavy atom. The van der Waals surface area contributed by atoms with Gasteiger partial charge in [0.1, 0.15) is 11.4 Å². The van der Waals surface area contributed by atoms with Crippen molar-refractivity contribution in [3.8, 4) is 0 Å². The van der Waals surface area contributed by atoms with Crippen LogP contribution < -0.4 is 10.2 Å². The minimum Gasteiger partial charge on any atom is -0.464 e. The molecule has 8 heteroatoms. The summed E-state index contributed by atoms with van der Waals surface area (Å²) in [5.74, 6) is -0.103. The number of amides is 1. The Kier molecular flexibility index (Phi) is 5.35. The van der Waals surface area contributed by atoms with Crippen LogP contribution in [0, 0.1) is 5.92 Å².